The molecule has 146 valence electrons. The molecule has 0 saturated carbocycles. The summed E-state index contributed by atoms with van der Waals surface area (Å²) >= 11 is 0. The second-order valence-corrected chi connectivity index (χ2v) is 7.68. The normalized spacial score (nSPS) is 13.9. The van der Waals surface area contributed by atoms with E-state index in [1.165, 1.54) is 12.1 Å². The molecule has 0 aromatic heterocycles. The summed E-state index contributed by atoms with van der Waals surface area (Å²) in [5, 5.41) is 6.65. The highest BCUT2D eigenvalue weighted by molar-refractivity contribution is 7.89. The van der Waals surface area contributed by atoms with Crippen molar-refractivity contribution in [1.29, 1.82) is 0 Å². The third-order valence-corrected chi connectivity index (χ3v) is 5.27. The number of hydrogen-bond donors (Lipinski definition) is 3. The molecule has 3 N–H and O–H groups in total. The van der Waals surface area contributed by atoms with Gasteiger partial charge in [0.2, 0.25) is 10.0 Å². The van der Waals surface area contributed by atoms with Crippen LogP contribution in [-0.2, 0) is 19.6 Å². The number of ether oxygens (including phenoxy) is 1. The van der Waals surface area contributed by atoms with Crippen LogP contribution in [0.25, 0.3) is 0 Å². The second-order valence-electron chi connectivity index (χ2n) is 5.92. The van der Waals surface area contributed by atoms with Crippen LogP contribution in [0.3, 0.4) is 0 Å². The molecule has 1 heterocycles. The number of carbonyl (C=O) groups is 2. The zero-order chi connectivity index (χ0) is 20.1. The minimum absolute atomic E-state index is 0.0334. The summed E-state index contributed by atoms with van der Waals surface area (Å²) in [6.45, 7) is 1.18. The largest absolute Gasteiger partial charge is 0.482 e. The Balaban J connectivity index is 1.60. The Morgan fingerprint density at radius 1 is 1.21 bits per heavy atom. The van der Waals surface area contributed by atoms with Gasteiger partial charge < -0.3 is 10.1 Å². The van der Waals surface area contributed by atoms with Crippen LogP contribution in [0.15, 0.2) is 58.5 Å². The molecule has 2 aromatic carbocycles. The fourth-order valence-electron chi connectivity index (χ4n) is 2.40. The van der Waals surface area contributed by atoms with Gasteiger partial charge in [0.05, 0.1) is 22.8 Å². The average Bonchev–Trinajstić information content (AvgIpc) is 2.70. The summed E-state index contributed by atoms with van der Waals surface area (Å²) < 4.78 is 31.7. The van der Waals surface area contributed by atoms with Crippen molar-refractivity contribution in [2.24, 2.45) is 5.10 Å². The molecular weight excluding hydrogens is 384 g/mol. The number of nitrogens with one attached hydrogen (secondary N) is 3. The fraction of sp³-hybridized carbons (Fsp3) is 0.167. The van der Waals surface area contributed by atoms with E-state index >= 15 is 0 Å². The quantitative estimate of drug-likeness (QED) is 0.488. The first-order valence-corrected chi connectivity index (χ1v) is 9.78. The van der Waals surface area contributed by atoms with Crippen LogP contribution < -0.4 is 20.2 Å². The van der Waals surface area contributed by atoms with Gasteiger partial charge >= 0.3 is 0 Å². The first-order valence-electron chi connectivity index (χ1n) is 8.30. The van der Waals surface area contributed by atoms with Gasteiger partial charge in [-0.2, -0.15) is 5.10 Å². The third-order valence-electron chi connectivity index (χ3n) is 3.85. The highest BCUT2D eigenvalue weighted by atomic mass is 32.2. The van der Waals surface area contributed by atoms with Gasteiger partial charge in [-0.3, -0.25) is 9.59 Å². The minimum Gasteiger partial charge on any atom is -0.482 e. The number of benzene rings is 2. The van der Waals surface area contributed by atoms with Crippen LogP contribution in [0, 0.1) is 0 Å². The molecular formula is C18H18N4O5S. The van der Waals surface area contributed by atoms with Crippen LogP contribution in [0.5, 0.6) is 5.75 Å². The molecule has 9 nitrogen and oxygen atoms in total. The van der Waals surface area contributed by atoms with Gasteiger partial charge in [-0.25, -0.2) is 18.6 Å². The Morgan fingerprint density at radius 2 is 1.96 bits per heavy atom. The van der Waals surface area contributed by atoms with E-state index in [1.54, 1.807) is 43.3 Å². The lowest BCUT2D eigenvalue weighted by Gasteiger charge is -2.18. The van der Waals surface area contributed by atoms with Gasteiger partial charge in [-0.1, -0.05) is 18.2 Å². The number of hydrogen-bond acceptors (Lipinski definition) is 6. The number of carbonyl (C=O) groups excluding carboxylic acids is 2. The summed E-state index contributed by atoms with van der Waals surface area (Å²) in [6.07, 6.45) is 0. The molecule has 2 aromatic rings. The Labute approximate surface area is 161 Å². The first-order chi connectivity index (χ1) is 13.3. The summed E-state index contributed by atoms with van der Waals surface area (Å²) in [7, 11) is -3.77. The van der Waals surface area contributed by atoms with E-state index in [2.05, 4.69) is 20.6 Å². The molecule has 0 atom stereocenters. The van der Waals surface area contributed by atoms with Crippen molar-refractivity contribution in [2.75, 3.05) is 18.5 Å². The lowest BCUT2D eigenvalue weighted by atomic mass is 10.1. The molecule has 3 rings (SSSR count). The number of nitrogens with zero attached hydrogens (tertiary/aromatic N) is 1. The maximum atomic E-state index is 12.1. The molecule has 10 heteroatoms. The highest BCUT2D eigenvalue weighted by Crippen LogP contribution is 2.28. The number of amides is 2. The highest BCUT2D eigenvalue weighted by Gasteiger charge is 2.17. The third kappa shape index (κ3) is 4.72. The SMILES string of the molecule is C/C(=N/NC(=O)CNS(=O)(=O)c1ccccc1)c1ccc2c(c1)NC(=O)CO2. The predicted molar refractivity (Wildman–Crippen MR) is 103 cm³/mol. The van der Waals surface area contributed by atoms with Crippen molar-refractivity contribution in [3.05, 3.63) is 54.1 Å². The monoisotopic (exact) mass is 402 g/mol. The first kappa shape index (κ1) is 19.5. The number of anilines is 1. The molecule has 28 heavy (non-hydrogen) atoms. The topological polar surface area (TPSA) is 126 Å². The number of hydrazone groups is 1. The number of fused-ring (bicyclic) bond motifs is 1. The zero-order valence-corrected chi connectivity index (χ0v) is 15.7. The van der Waals surface area contributed by atoms with Crippen molar-refractivity contribution in [3.63, 3.8) is 0 Å². The van der Waals surface area contributed by atoms with E-state index in [0.717, 1.165) is 0 Å². The lowest BCUT2D eigenvalue weighted by molar-refractivity contribution is -0.120. The van der Waals surface area contributed by atoms with E-state index in [9.17, 15) is 18.0 Å². The van der Waals surface area contributed by atoms with E-state index in [1.807, 2.05) is 0 Å². The van der Waals surface area contributed by atoms with Crippen molar-refractivity contribution >= 4 is 33.2 Å². The molecule has 0 saturated heterocycles. The van der Waals surface area contributed by atoms with Crippen LogP contribution >= 0.6 is 0 Å². The van der Waals surface area contributed by atoms with E-state index in [-0.39, 0.29) is 17.4 Å². The van der Waals surface area contributed by atoms with Crippen molar-refractivity contribution in [3.8, 4) is 5.75 Å². The Morgan fingerprint density at radius 3 is 2.71 bits per heavy atom. The van der Waals surface area contributed by atoms with Crippen molar-refractivity contribution < 1.29 is 22.7 Å². The average molecular weight is 402 g/mol. The van der Waals surface area contributed by atoms with Crippen LogP contribution in [0.2, 0.25) is 0 Å². The van der Waals surface area contributed by atoms with Gasteiger partial charge in [0.25, 0.3) is 11.8 Å². The Hall–Kier alpha value is -3.24. The summed E-state index contributed by atoms with van der Waals surface area (Å²) in [6, 6.07) is 12.8. The van der Waals surface area contributed by atoms with Gasteiger partial charge in [0.15, 0.2) is 6.61 Å². The molecule has 0 radical (unpaired) electrons. The Kier molecular flexibility index (Phi) is 5.71. The van der Waals surface area contributed by atoms with Crippen molar-refractivity contribution in [1.82, 2.24) is 10.1 Å². The molecule has 1 aliphatic heterocycles. The summed E-state index contributed by atoms with van der Waals surface area (Å²) in [4.78, 5) is 23.4. The van der Waals surface area contributed by atoms with Crippen LogP contribution in [0.4, 0.5) is 5.69 Å². The van der Waals surface area contributed by atoms with Gasteiger partial charge in [0.1, 0.15) is 5.75 Å². The van der Waals surface area contributed by atoms with Gasteiger partial charge in [-0.15, -0.1) is 0 Å². The zero-order valence-electron chi connectivity index (χ0n) is 14.9. The van der Waals surface area contributed by atoms with Gasteiger partial charge in [0, 0.05) is 0 Å². The molecule has 0 spiro atoms. The number of rotatable bonds is 6. The molecule has 0 unspecified atom stereocenters. The molecule has 0 aliphatic carbocycles. The minimum atomic E-state index is -3.77. The predicted octanol–water partition coefficient (Wildman–Crippen LogP) is 0.836. The van der Waals surface area contributed by atoms with E-state index in [0.29, 0.717) is 22.7 Å². The summed E-state index contributed by atoms with van der Waals surface area (Å²) in [5.41, 5.74) is 3.95. The van der Waals surface area contributed by atoms with Crippen LogP contribution in [0.1, 0.15) is 12.5 Å². The summed E-state index contributed by atoms with van der Waals surface area (Å²) in [5.74, 6) is -0.317. The second kappa shape index (κ2) is 8.19. The molecule has 0 bridgehead atoms. The maximum Gasteiger partial charge on any atom is 0.262 e. The molecule has 0 fully saturated rings. The number of sulfonamides is 1. The molecule has 1 aliphatic rings. The lowest BCUT2D eigenvalue weighted by Crippen LogP contribution is -2.35. The van der Waals surface area contributed by atoms with E-state index in [4.69, 9.17) is 4.74 Å². The maximum absolute atomic E-state index is 12.1. The van der Waals surface area contributed by atoms with Gasteiger partial charge in [-0.05, 0) is 42.8 Å². The Bertz CT molecular complexity index is 1040. The van der Waals surface area contributed by atoms with Crippen LogP contribution in [-0.4, -0.2) is 39.1 Å². The molecule has 2 amide bonds. The van der Waals surface area contributed by atoms with Crippen molar-refractivity contribution in [2.45, 2.75) is 11.8 Å². The standard InChI is InChI=1S/C18H18N4O5S/c1-12(13-7-8-16-15(9-13)20-18(24)11-27-16)21-22-17(23)10-19-28(25,26)14-5-3-2-4-6-14/h2-9,19H,10-11H2,1H3,(H,20,24)(H,22,23)/b21-12-. The van der Waals surface area contributed by atoms with E-state index < -0.39 is 22.5 Å². The fourth-order valence-corrected chi connectivity index (χ4v) is 3.41. The smallest absolute Gasteiger partial charge is 0.262 e.